The maximum Gasteiger partial charge on any atom is 0.257 e. The van der Waals surface area contributed by atoms with Crippen LogP contribution in [-0.2, 0) is 13.1 Å². The maximum atomic E-state index is 13.5. The highest BCUT2D eigenvalue weighted by Crippen LogP contribution is 2.37. The third-order valence-corrected chi connectivity index (χ3v) is 7.37. The van der Waals surface area contributed by atoms with E-state index >= 15 is 0 Å². The number of aromatic nitrogens is 3. The Bertz CT molecular complexity index is 1020. The van der Waals surface area contributed by atoms with E-state index in [1.54, 1.807) is 6.20 Å². The predicted octanol–water partition coefficient (Wildman–Crippen LogP) is 2.94. The van der Waals surface area contributed by atoms with Crippen molar-refractivity contribution >= 4 is 5.91 Å². The van der Waals surface area contributed by atoms with Gasteiger partial charge >= 0.3 is 0 Å². The normalized spacial score (nSPS) is 23.8. The lowest BCUT2D eigenvalue weighted by Crippen LogP contribution is -2.49. The molecule has 0 spiro atoms. The Labute approximate surface area is 183 Å². The number of piperidine rings is 1. The summed E-state index contributed by atoms with van der Waals surface area (Å²) in [5, 5.41) is 7.39. The molecule has 1 N–H and O–H groups in total. The Morgan fingerprint density at radius 3 is 2.71 bits per heavy atom. The van der Waals surface area contributed by atoms with Crippen molar-refractivity contribution in [3.63, 3.8) is 0 Å². The molecule has 2 aromatic rings. The Balaban J connectivity index is 1.38. The van der Waals surface area contributed by atoms with Crippen molar-refractivity contribution < 1.29 is 4.79 Å². The smallest absolute Gasteiger partial charge is 0.257 e. The molecule has 1 aliphatic carbocycles. The highest BCUT2D eigenvalue weighted by molar-refractivity contribution is 5.95. The molecule has 2 aliphatic heterocycles. The molecule has 166 valence electrons. The first kappa shape index (κ1) is 20.5. The molecule has 4 heterocycles. The van der Waals surface area contributed by atoms with Gasteiger partial charge in [0.05, 0.1) is 17.5 Å². The monoisotopic (exact) mass is 423 g/mol. The van der Waals surface area contributed by atoms with Crippen LogP contribution >= 0.6 is 0 Å². The number of rotatable bonds is 4. The Kier molecular flexibility index (Phi) is 5.46. The summed E-state index contributed by atoms with van der Waals surface area (Å²) in [5.74, 6) is 1.08. The number of aromatic amines is 1. The van der Waals surface area contributed by atoms with Gasteiger partial charge in [0.2, 0.25) is 0 Å². The molecule has 2 fully saturated rings. The van der Waals surface area contributed by atoms with E-state index in [1.807, 2.05) is 34.5 Å². The molecule has 7 nitrogen and oxygen atoms in total. The van der Waals surface area contributed by atoms with Crippen LogP contribution in [0, 0.1) is 5.92 Å². The molecule has 0 aromatic carbocycles. The van der Waals surface area contributed by atoms with E-state index in [4.69, 9.17) is 0 Å². The van der Waals surface area contributed by atoms with Gasteiger partial charge < -0.3 is 14.4 Å². The van der Waals surface area contributed by atoms with E-state index in [9.17, 15) is 9.59 Å². The molecule has 31 heavy (non-hydrogen) atoms. The van der Waals surface area contributed by atoms with Gasteiger partial charge in [-0.2, -0.15) is 5.10 Å². The SMILES string of the molecule is CN(C)Cc1ccc2n(c1=O)C[C@H]1C[C@@H]2CN(C(=O)c2cn[nH]c2C2CCCCC2)C1. The minimum Gasteiger partial charge on any atom is -0.338 e. The van der Waals surface area contributed by atoms with Crippen molar-refractivity contribution in [2.75, 3.05) is 27.2 Å². The fraction of sp³-hybridized carbons (Fsp3) is 0.625. The minimum absolute atomic E-state index is 0.101. The van der Waals surface area contributed by atoms with Crippen molar-refractivity contribution in [1.29, 1.82) is 0 Å². The predicted molar refractivity (Wildman–Crippen MR) is 119 cm³/mol. The Morgan fingerprint density at radius 2 is 1.94 bits per heavy atom. The van der Waals surface area contributed by atoms with E-state index < -0.39 is 0 Å². The Hall–Kier alpha value is -2.41. The lowest BCUT2D eigenvalue weighted by molar-refractivity contribution is 0.0592. The second-order valence-electron chi connectivity index (χ2n) is 9.98. The number of likely N-dealkylation sites (tertiary alicyclic amines) is 1. The van der Waals surface area contributed by atoms with Gasteiger partial charge in [0.15, 0.2) is 0 Å². The standard InChI is InChI=1S/C24H33N5O2/c1-27(2)14-18-8-9-21-19-10-16(13-29(21)23(18)30)12-28(15-19)24(31)20-11-25-26-22(20)17-6-4-3-5-7-17/h8-9,11,16-17,19H,3-7,10,12-15H2,1-2H3,(H,25,26)/t16-,19+/m0/s1. The summed E-state index contributed by atoms with van der Waals surface area (Å²) in [6.45, 7) is 2.76. The Morgan fingerprint density at radius 1 is 1.13 bits per heavy atom. The van der Waals surface area contributed by atoms with Gasteiger partial charge in [0.25, 0.3) is 11.5 Å². The van der Waals surface area contributed by atoms with Gasteiger partial charge in [0.1, 0.15) is 0 Å². The van der Waals surface area contributed by atoms with Crippen LogP contribution in [0.5, 0.6) is 0 Å². The quantitative estimate of drug-likeness (QED) is 0.821. The fourth-order valence-corrected chi connectivity index (χ4v) is 5.96. The number of H-pyrrole nitrogens is 1. The first-order valence-corrected chi connectivity index (χ1v) is 11.7. The number of carbonyl (C=O) groups is 1. The minimum atomic E-state index is 0.101. The van der Waals surface area contributed by atoms with Crippen LogP contribution in [0.4, 0.5) is 0 Å². The van der Waals surface area contributed by atoms with Gasteiger partial charge in [-0.25, -0.2) is 0 Å². The zero-order valence-electron chi connectivity index (χ0n) is 18.6. The van der Waals surface area contributed by atoms with E-state index in [0.717, 1.165) is 41.8 Å². The third kappa shape index (κ3) is 3.84. The number of pyridine rings is 1. The lowest BCUT2D eigenvalue weighted by atomic mass is 9.82. The number of fused-ring (bicyclic) bond motifs is 4. The van der Waals surface area contributed by atoms with E-state index in [-0.39, 0.29) is 17.4 Å². The highest BCUT2D eigenvalue weighted by Gasteiger charge is 2.38. The average Bonchev–Trinajstić information content (AvgIpc) is 3.26. The fourth-order valence-electron chi connectivity index (χ4n) is 5.96. The number of hydrogen-bond acceptors (Lipinski definition) is 4. The number of amides is 1. The molecule has 1 amide bonds. The van der Waals surface area contributed by atoms with E-state index in [0.29, 0.717) is 38.0 Å². The van der Waals surface area contributed by atoms with E-state index in [2.05, 4.69) is 16.3 Å². The molecule has 3 aliphatic rings. The zero-order valence-corrected chi connectivity index (χ0v) is 18.6. The summed E-state index contributed by atoms with van der Waals surface area (Å²) in [5.41, 5.74) is 3.85. The summed E-state index contributed by atoms with van der Waals surface area (Å²) >= 11 is 0. The molecule has 0 unspecified atom stereocenters. The largest absolute Gasteiger partial charge is 0.338 e. The zero-order chi connectivity index (χ0) is 21.5. The highest BCUT2D eigenvalue weighted by atomic mass is 16.2. The molecule has 5 rings (SSSR count). The lowest BCUT2D eigenvalue weighted by Gasteiger charge is -2.43. The second kappa shape index (κ2) is 8.26. The van der Waals surface area contributed by atoms with Crippen LogP contribution in [0.1, 0.15) is 77.7 Å². The van der Waals surface area contributed by atoms with Gasteiger partial charge in [-0.1, -0.05) is 25.3 Å². The van der Waals surface area contributed by atoms with Crippen LogP contribution in [0.2, 0.25) is 0 Å². The van der Waals surface area contributed by atoms with Crippen LogP contribution in [0.15, 0.2) is 23.1 Å². The summed E-state index contributed by atoms with van der Waals surface area (Å²) in [6.07, 6.45) is 8.80. The van der Waals surface area contributed by atoms with Crippen molar-refractivity contribution in [3.8, 4) is 0 Å². The first-order chi connectivity index (χ1) is 15.0. The summed E-state index contributed by atoms with van der Waals surface area (Å²) < 4.78 is 1.98. The molecule has 2 atom stereocenters. The number of nitrogens with zero attached hydrogens (tertiary/aromatic N) is 4. The van der Waals surface area contributed by atoms with Gasteiger partial charge in [0, 0.05) is 49.3 Å². The summed E-state index contributed by atoms with van der Waals surface area (Å²) in [6, 6.07) is 4.09. The van der Waals surface area contributed by atoms with Crippen molar-refractivity contribution in [1.82, 2.24) is 24.6 Å². The molecular formula is C24H33N5O2. The van der Waals surface area contributed by atoms with E-state index in [1.165, 1.54) is 19.3 Å². The van der Waals surface area contributed by atoms with Crippen molar-refractivity contribution in [3.05, 3.63) is 51.2 Å². The van der Waals surface area contributed by atoms with Crippen molar-refractivity contribution in [2.45, 2.75) is 63.5 Å². The van der Waals surface area contributed by atoms with Crippen LogP contribution in [0.25, 0.3) is 0 Å². The number of carbonyl (C=O) groups excluding carboxylic acids is 1. The number of nitrogens with one attached hydrogen (secondary N) is 1. The summed E-state index contributed by atoms with van der Waals surface area (Å²) in [7, 11) is 3.97. The molecule has 2 aromatic heterocycles. The average molecular weight is 424 g/mol. The van der Waals surface area contributed by atoms with Gasteiger partial charge in [-0.3, -0.25) is 14.7 Å². The second-order valence-corrected chi connectivity index (χ2v) is 9.98. The first-order valence-electron chi connectivity index (χ1n) is 11.7. The molecule has 0 radical (unpaired) electrons. The van der Waals surface area contributed by atoms with Crippen LogP contribution < -0.4 is 5.56 Å². The van der Waals surface area contributed by atoms with Crippen molar-refractivity contribution in [2.24, 2.45) is 5.92 Å². The third-order valence-electron chi connectivity index (χ3n) is 7.37. The molecular weight excluding hydrogens is 390 g/mol. The molecule has 1 saturated heterocycles. The number of hydrogen-bond donors (Lipinski definition) is 1. The molecule has 7 heteroatoms. The van der Waals surface area contributed by atoms with Crippen LogP contribution in [0.3, 0.4) is 0 Å². The van der Waals surface area contributed by atoms with Crippen LogP contribution in [-0.4, -0.2) is 57.7 Å². The molecule has 2 bridgehead atoms. The van der Waals surface area contributed by atoms with Gasteiger partial charge in [-0.05, 0) is 45.3 Å². The molecule has 1 saturated carbocycles. The summed E-state index contributed by atoms with van der Waals surface area (Å²) in [4.78, 5) is 30.6. The maximum absolute atomic E-state index is 13.5. The topological polar surface area (TPSA) is 74.2 Å². The van der Waals surface area contributed by atoms with Gasteiger partial charge in [-0.15, -0.1) is 0 Å².